The zero-order valence-electron chi connectivity index (χ0n) is 11.6. The van der Waals surface area contributed by atoms with Gasteiger partial charge in [-0.05, 0) is 47.6 Å². The van der Waals surface area contributed by atoms with Gasteiger partial charge < -0.3 is 18.4 Å². The van der Waals surface area contributed by atoms with Gasteiger partial charge in [0.1, 0.15) is 0 Å². The maximum Gasteiger partial charge on any atom is 0.674 e. The van der Waals surface area contributed by atoms with Crippen LogP contribution in [0.5, 0.6) is 0 Å². The zero-order valence-corrected chi connectivity index (χ0v) is 12.6. The molecule has 0 amide bonds. The van der Waals surface area contributed by atoms with E-state index in [0.717, 1.165) is 12.8 Å². The Morgan fingerprint density at radius 3 is 1.88 bits per heavy atom. The molecule has 1 heterocycles. The molecule has 0 aromatic carbocycles. The Labute approximate surface area is 105 Å². The number of hydrogen-bond donors (Lipinski definition) is 2. The molecule has 0 saturated carbocycles. The molecule has 1 aliphatic heterocycles. The molecule has 0 radical (unpaired) electrons. The van der Waals surface area contributed by atoms with E-state index in [0.29, 0.717) is 0 Å². The molecule has 2 N–H and O–H groups in total. The summed E-state index contributed by atoms with van der Waals surface area (Å²) in [4.78, 5) is 21.3. The van der Waals surface area contributed by atoms with Gasteiger partial charge in [0.05, 0.1) is 6.10 Å². The van der Waals surface area contributed by atoms with Crippen LogP contribution in [0.15, 0.2) is 0 Å². The topological polar surface area (TPSA) is 62.2 Å². The second-order valence-corrected chi connectivity index (χ2v) is 7.83. The molecule has 0 aliphatic carbocycles. The molecule has 0 aromatic heterocycles. The Bertz CT molecular complexity index is 260. The Morgan fingerprint density at radius 2 is 1.53 bits per heavy atom. The van der Waals surface area contributed by atoms with Crippen molar-refractivity contribution < 1.29 is 18.4 Å². The van der Waals surface area contributed by atoms with E-state index in [1.54, 1.807) is 0 Å². The first kappa shape index (κ1) is 15.1. The fourth-order valence-corrected chi connectivity index (χ4v) is 3.33. The van der Waals surface area contributed by atoms with Crippen molar-refractivity contribution in [2.24, 2.45) is 0 Å². The van der Waals surface area contributed by atoms with Gasteiger partial charge in [-0.15, -0.1) is 0 Å². The van der Waals surface area contributed by atoms with Crippen LogP contribution in [-0.2, 0) is 8.85 Å². The predicted octanol–water partition coefficient (Wildman–Crippen LogP) is 0.721. The molecule has 0 spiro atoms. The molecule has 6 heteroatoms. The second-order valence-electron chi connectivity index (χ2n) is 6.08. The van der Waals surface area contributed by atoms with E-state index in [9.17, 15) is 9.59 Å². The molecule has 0 atom stereocenters. The van der Waals surface area contributed by atoms with Crippen LogP contribution in [0.2, 0.25) is 0 Å². The SMILES string of the molecule is CO[Si](O)(O)OC1CC(C)(C)N(C)C(C)(C)C1. The van der Waals surface area contributed by atoms with Gasteiger partial charge in [-0.1, -0.05) is 0 Å². The van der Waals surface area contributed by atoms with E-state index in [1.165, 1.54) is 7.11 Å². The first-order valence-electron chi connectivity index (χ1n) is 5.92. The van der Waals surface area contributed by atoms with E-state index >= 15 is 0 Å². The smallest absolute Gasteiger partial charge is 0.367 e. The Kier molecular flexibility index (Phi) is 4.08. The molecule has 5 nitrogen and oxygen atoms in total. The van der Waals surface area contributed by atoms with E-state index < -0.39 is 9.05 Å². The van der Waals surface area contributed by atoms with E-state index in [2.05, 4.69) is 44.1 Å². The third-order valence-electron chi connectivity index (χ3n) is 3.86. The molecule has 0 bridgehead atoms. The van der Waals surface area contributed by atoms with Gasteiger partial charge >= 0.3 is 9.05 Å². The summed E-state index contributed by atoms with van der Waals surface area (Å²) in [5.74, 6) is 0. The highest BCUT2D eigenvalue weighted by atomic mass is 28.4. The van der Waals surface area contributed by atoms with Crippen molar-refractivity contribution in [2.45, 2.75) is 57.7 Å². The fraction of sp³-hybridized carbons (Fsp3) is 1.00. The molecule has 0 unspecified atom stereocenters. The minimum Gasteiger partial charge on any atom is -0.367 e. The highest BCUT2D eigenvalue weighted by Crippen LogP contribution is 2.38. The molecule has 102 valence electrons. The quantitative estimate of drug-likeness (QED) is 0.735. The van der Waals surface area contributed by atoms with E-state index in [1.807, 2.05) is 0 Å². The Morgan fingerprint density at radius 1 is 1.12 bits per heavy atom. The lowest BCUT2D eigenvalue weighted by atomic mass is 9.79. The van der Waals surface area contributed by atoms with E-state index in [4.69, 9.17) is 4.43 Å². The average Bonchev–Trinajstić information content (AvgIpc) is 2.12. The molecular formula is C11H25NO4Si. The van der Waals surface area contributed by atoms with Gasteiger partial charge in [-0.2, -0.15) is 0 Å². The highest BCUT2D eigenvalue weighted by molar-refractivity contribution is 6.50. The molecule has 17 heavy (non-hydrogen) atoms. The van der Waals surface area contributed by atoms with Gasteiger partial charge in [0, 0.05) is 18.2 Å². The molecule has 1 saturated heterocycles. The summed E-state index contributed by atoms with van der Waals surface area (Å²) in [7, 11) is -0.577. The lowest BCUT2D eigenvalue weighted by Crippen LogP contribution is -2.62. The summed E-state index contributed by atoms with van der Waals surface area (Å²) in [5.41, 5.74) is -0.0741. The van der Waals surface area contributed by atoms with Crippen molar-refractivity contribution in [2.75, 3.05) is 14.2 Å². The summed E-state index contributed by atoms with van der Waals surface area (Å²) >= 11 is 0. The number of hydrogen-bond acceptors (Lipinski definition) is 5. The van der Waals surface area contributed by atoms with Crippen molar-refractivity contribution in [1.82, 2.24) is 4.90 Å². The number of likely N-dealkylation sites (tertiary alicyclic amines) is 1. The summed E-state index contributed by atoms with van der Waals surface area (Å²) in [6, 6.07) is 0. The Balaban J connectivity index is 2.79. The van der Waals surface area contributed by atoms with Crippen molar-refractivity contribution in [3.8, 4) is 0 Å². The molecule has 1 aliphatic rings. The van der Waals surface area contributed by atoms with Crippen LogP contribution in [0.25, 0.3) is 0 Å². The molecule has 1 fully saturated rings. The normalized spacial score (nSPS) is 26.1. The van der Waals surface area contributed by atoms with Crippen molar-refractivity contribution in [3.63, 3.8) is 0 Å². The Hall–Kier alpha value is 0.0169. The predicted molar refractivity (Wildman–Crippen MR) is 67.2 cm³/mol. The summed E-state index contributed by atoms with van der Waals surface area (Å²) < 4.78 is 9.97. The number of rotatable bonds is 3. The van der Waals surface area contributed by atoms with Crippen LogP contribution in [0, 0.1) is 0 Å². The van der Waals surface area contributed by atoms with Crippen LogP contribution in [0.3, 0.4) is 0 Å². The lowest BCUT2D eigenvalue weighted by Gasteiger charge is -2.53. The van der Waals surface area contributed by atoms with Crippen LogP contribution in [-0.4, -0.2) is 54.9 Å². The lowest BCUT2D eigenvalue weighted by molar-refractivity contribution is -0.0885. The maximum absolute atomic E-state index is 9.52. The standard InChI is InChI=1S/C11H25NO4Si/c1-10(2)7-9(16-17(13,14)15-6)8-11(3,4)12(10)5/h9,13-14H,7-8H2,1-6H3. The van der Waals surface area contributed by atoms with E-state index in [-0.39, 0.29) is 17.2 Å². The van der Waals surface area contributed by atoms with Crippen molar-refractivity contribution in [3.05, 3.63) is 0 Å². The van der Waals surface area contributed by atoms with Crippen molar-refractivity contribution in [1.29, 1.82) is 0 Å². The summed E-state index contributed by atoms with van der Waals surface area (Å²) in [6.45, 7) is 8.54. The van der Waals surface area contributed by atoms with Gasteiger partial charge in [0.15, 0.2) is 0 Å². The molecule has 0 aromatic rings. The van der Waals surface area contributed by atoms with Gasteiger partial charge in [0.25, 0.3) is 0 Å². The first-order chi connectivity index (χ1) is 7.50. The average molecular weight is 263 g/mol. The largest absolute Gasteiger partial charge is 0.674 e. The summed E-state index contributed by atoms with van der Waals surface area (Å²) in [6.07, 6.45) is 1.33. The highest BCUT2D eigenvalue weighted by Gasteiger charge is 2.47. The maximum atomic E-state index is 9.52. The minimum absolute atomic E-state index is 0.0371. The fourth-order valence-electron chi connectivity index (χ4n) is 2.63. The first-order valence-corrected chi connectivity index (χ1v) is 7.63. The van der Waals surface area contributed by atoms with Crippen LogP contribution < -0.4 is 0 Å². The third-order valence-corrected chi connectivity index (χ3v) is 5.03. The van der Waals surface area contributed by atoms with Gasteiger partial charge in [0.2, 0.25) is 0 Å². The number of nitrogens with zero attached hydrogens (tertiary/aromatic N) is 1. The van der Waals surface area contributed by atoms with Crippen LogP contribution in [0.4, 0.5) is 0 Å². The van der Waals surface area contributed by atoms with Gasteiger partial charge in [-0.25, -0.2) is 0 Å². The van der Waals surface area contributed by atoms with Crippen LogP contribution in [0.1, 0.15) is 40.5 Å². The monoisotopic (exact) mass is 263 g/mol. The summed E-state index contributed by atoms with van der Waals surface area (Å²) in [5, 5.41) is 0. The second kappa shape index (κ2) is 4.60. The molecular weight excluding hydrogens is 238 g/mol. The third kappa shape index (κ3) is 3.49. The minimum atomic E-state index is -3.93. The zero-order chi connectivity index (χ0) is 13.5. The number of piperidine rings is 1. The van der Waals surface area contributed by atoms with Crippen molar-refractivity contribution >= 4 is 9.05 Å². The van der Waals surface area contributed by atoms with Gasteiger partial charge in [-0.3, -0.25) is 4.90 Å². The molecule has 1 rings (SSSR count). The van der Waals surface area contributed by atoms with Crippen LogP contribution >= 0.6 is 0 Å².